The van der Waals surface area contributed by atoms with Gasteiger partial charge in [-0.15, -0.1) is 12.3 Å². The van der Waals surface area contributed by atoms with Gasteiger partial charge in [0.25, 0.3) is 0 Å². The maximum atomic E-state index is 6.09. The molecule has 0 saturated heterocycles. The number of benzene rings is 1. The summed E-state index contributed by atoms with van der Waals surface area (Å²) in [6, 6.07) is 8.17. The summed E-state index contributed by atoms with van der Waals surface area (Å²) in [5.74, 6) is 2.63. The third-order valence-corrected chi connectivity index (χ3v) is 2.66. The Hall–Kier alpha value is -0.970. The molecule has 0 aliphatic heterocycles. The Kier molecular flexibility index (Phi) is 5.25. The van der Waals surface area contributed by atoms with Gasteiger partial charge in [0.15, 0.2) is 0 Å². The van der Waals surface area contributed by atoms with Crippen LogP contribution in [0.1, 0.15) is 31.4 Å². The molecule has 1 aromatic rings. The van der Waals surface area contributed by atoms with Gasteiger partial charge < -0.3 is 5.32 Å². The average Bonchev–Trinajstić information content (AvgIpc) is 2.25. The summed E-state index contributed by atoms with van der Waals surface area (Å²) in [5, 5.41) is 4.21. The Balaban J connectivity index is 2.44. The molecule has 0 aromatic heterocycles. The molecule has 0 spiro atoms. The van der Waals surface area contributed by atoms with Crippen molar-refractivity contribution in [2.45, 2.75) is 25.8 Å². The normalized spacial score (nSPS) is 12.1. The molecule has 0 aliphatic rings. The van der Waals surface area contributed by atoms with Gasteiger partial charge in [0.05, 0.1) is 0 Å². The number of hydrogen-bond donors (Lipinski definition) is 1. The second-order valence-corrected chi connectivity index (χ2v) is 3.91. The van der Waals surface area contributed by atoms with Crippen molar-refractivity contribution in [3.05, 3.63) is 34.9 Å². The van der Waals surface area contributed by atoms with Crippen molar-refractivity contribution in [3.8, 4) is 12.3 Å². The molecule has 1 N–H and O–H groups in total. The highest BCUT2D eigenvalue weighted by Crippen LogP contribution is 2.21. The average molecular weight is 222 g/mol. The van der Waals surface area contributed by atoms with Crippen LogP contribution in [0.15, 0.2) is 24.3 Å². The Morgan fingerprint density at radius 2 is 2.20 bits per heavy atom. The number of terminal acetylenes is 1. The van der Waals surface area contributed by atoms with E-state index in [1.807, 2.05) is 24.3 Å². The number of nitrogens with one attached hydrogen (secondary N) is 1. The second kappa shape index (κ2) is 6.50. The molecular formula is C13H16ClN. The SMILES string of the molecule is C#CCCCN[C@@H](C)c1ccccc1Cl. The van der Waals surface area contributed by atoms with Crippen LogP contribution in [0.3, 0.4) is 0 Å². The van der Waals surface area contributed by atoms with Crippen LogP contribution in [0, 0.1) is 12.3 Å². The maximum Gasteiger partial charge on any atom is 0.0453 e. The Labute approximate surface area is 96.8 Å². The van der Waals surface area contributed by atoms with Crippen molar-refractivity contribution in [1.82, 2.24) is 5.32 Å². The minimum Gasteiger partial charge on any atom is -0.310 e. The van der Waals surface area contributed by atoms with Gasteiger partial charge in [0.1, 0.15) is 0 Å². The smallest absolute Gasteiger partial charge is 0.0453 e. The standard InChI is InChI=1S/C13H16ClN/c1-3-4-7-10-15-11(2)12-8-5-6-9-13(12)14/h1,5-6,8-9,11,15H,4,7,10H2,2H3/t11-/m0/s1. The first kappa shape index (κ1) is 12.1. The first-order chi connectivity index (χ1) is 7.25. The van der Waals surface area contributed by atoms with E-state index < -0.39 is 0 Å². The van der Waals surface area contributed by atoms with Crippen molar-refractivity contribution in [2.75, 3.05) is 6.54 Å². The number of rotatable bonds is 5. The summed E-state index contributed by atoms with van der Waals surface area (Å²) in [4.78, 5) is 0. The summed E-state index contributed by atoms with van der Waals surface area (Å²) in [6.07, 6.45) is 7.01. The Bertz CT molecular complexity index is 341. The molecule has 0 aliphatic carbocycles. The maximum absolute atomic E-state index is 6.09. The fourth-order valence-corrected chi connectivity index (χ4v) is 1.74. The number of hydrogen-bond acceptors (Lipinski definition) is 1. The number of unbranched alkanes of at least 4 members (excludes halogenated alkanes) is 1. The Morgan fingerprint density at radius 3 is 2.87 bits per heavy atom. The van der Waals surface area contributed by atoms with Crippen LogP contribution in [0.5, 0.6) is 0 Å². The predicted octanol–water partition coefficient (Wildman–Crippen LogP) is 3.40. The van der Waals surface area contributed by atoms with E-state index in [9.17, 15) is 0 Å². The molecule has 15 heavy (non-hydrogen) atoms. The molecule has 1 aromatic carbocycles. The minimum absolute atomic E-state index is 0.275. The van der Waals surface area contributed by atoms with Gasteiger partial charge in [-0.25, -0.2) is 0 Å². The van der Waals surface area contributed by atoms with Crippen molar-refractivity contribution in [3.63, 3.8) is 0 Å². The third-order valence-electron chi connectivity index (χ3n) is 2.32. The van der Waals surface area contributed by atoms with E-state index in [1.165, 1.54) is 0 Å². The van der Waals surface area contributed by atoms with Crippen LogP contribution < -0.4 is 5.32 Å². The zero-order chi connectivity index (χ0) is 11.1. The van der Waals surface area contributed by atoms with Crippen molar-refractivity contribution in [2.24, 2.45) is 0 Å². The van der Waals surface area contributed by atoms with Gasteiger partial charge in [-0.05, 0) is 31.5 Å². The summed E-state index contributed by atoms with van der Waals surface area (Å²) in [7, 11) is 0. The van der Waals surface area contributed by atoms with E-state index in [0.29, 0.717) is 0 Å². The predicted molar refractivity (Wildman–Crippen MR) is 65.9 cm³/mol. The van der Waals surface area contributed by atoms with Gasteiger partial charge >= 0.3 is 0 Å². The van der Waals surface area contributed by atoms with E-state index in [-0.39, 0.29) is 6.04 Å². The molecular weight excluding hydrogens is 206 g/mol. The molecule has 0 unspecified atom stereocenters. The van der Waals surface area contributed by atoms with Gasteiger partial charge in [-0.1, -0.05) is 29.8 Å². The highest BCUT2D eigenvalue weighted by Gasteiger charge is 2.07. The summed E-state index contributed by atoms with van der Waals surface area (Å²) in [5.41, 5.74) is 1.14. The molecule has 1 atom stereocenters. The topological polar surface area (TPSA) is 12.0 Å². The molecule has 0 amide bonds. The van der Waals surface area contributed by atoms with Crippen LogP contribution >= 0.6 is 11.6 Å². The van der Waals surface area contributed by atoms with E-state index in [0.717, 1.165) is 30.0 Å². The highest BCUT2D eigenvalue weighted by molar-refractivity contribution is 6.31. The van der Waals surface area contributed by atoms with E-state index in [1.54, 1.807) is 0 Å². The lowest BCUT2D eigenvalue weighted by Gasteiger charge is -2.15. The van der Waals surface area contributed by atoms with E-state index in [2.05, 4.69) is 18.2 Å². The minimum atomic E-state index is 0.275. The Morgan fingerprint density at radius 1 is 1.47 bits per heavy atom. The lowest BCUT2D eigenvalue weighted by atomic mass is 10.1. The van der Waals surface area contributed by atoms with Gasteiger partial charge in [-0.3, -0.25) is 0 Å². The third kappa shape index (κ3) is 3.95. The zero-order valence-electron chi connectivity index (χ0n) is 8.96. The summed E-state index contributed by atoms with van der Waals surface area (Å²) in [6.45, 7) is 3.04. The van der Waals surface area contributed by atoms with E-state index in [4.69, 9.17) is 18.0 Å². The highest BCUT2D eigenvalue weighted by atomic mass is 35.5. The molecule has 1 rings (SSSR count). The monoisotopic (exact) mass is 221 g/mol. The largest absolute Gasteiger partial charge is 0.310 e. The lowest BCUT2D eigenvalue weighted by molar-refractivity contribution is 0.563. The quantitative estimate of drug-likeness (QED) is 0.594. The van der Waals surface area contributed by atoms with Crippen LogP contribution in [-0.4, -0.2) is 6.54 Å². The molecule has 80 valence electrons. The van der Waals surface area contributed by atoms with E-state index >= 15 is 0 Å². The van der Waals surface area contributed by atoms with Gasteiger partial charge in [0, 0.05) is 17.5 Å². The van der Waals surface area contributed by atoms with Crippen LogP contribution in [0.25, 0.3) is 0 Å². The van der Waals surface area contributed by atoms with Crippen molar-refractivity contribution < 1.29 is 0 Å². The molecule has 1 nitrogen and oxygen atoms in total. The summed E-state index contributed by atoms with van der Waals surface area (Å²) >= 11 is 6.09. The van der Waals surface area contributed by atoms with Gasteiger partial charge in [0.2, 0.25) is 0 Å². The molecule has 0 radical (unpaired) electrons. The molecule has 0 bridgehead atoms. The van der Waals surface area contributed by atoms with Crippen molar-refractivity contribution in [1.29, 1.82) is 0 Å². The fraction of sp³-hybridized carbons (Fsp3) is 0.385. The van der Waals surface area contributed by atoms with Crippen LogP contribution in [0.4, 0.5) is 0 Å². The second-order valence-electron chi connectivity index (χ2n) is 3.51. The zero-order valence-corrected chi connectivity index (χ0v) is 9.72. The summed E-state index contributed by atoms with van der Waals surface area (Å²) < 4.78 is 0. The molecule has 0 heterocycles. The lowest BCUT2D eigenvalue weighted by Crippen LogP contribution is -2.19. The number of halogens is 1. The fourth-order valence-electron chi connectivity index (χ4n) is 1.45. The first-order valence-corrected chi connectivity index (χ1v) is 5.54. The van der Waals surface area contributed by atoms with Crippen LogP contribution in [-0.2, 0) is 0 Å². The molecule has 0 saturated carbocycles. The molecule has 2 heteroatoms. The van der Waals surface area contributed by atoms with Gasteiger partial charge in [-0.2, -0.15) is 0 Å². The first-order valence-electron chi connectivity index (χ1n) is 5.17. The van der Waals surface area contributed by atoms with Crippen molar-refractivity contribution >= 4 is 11.6 Å². The molecule has 0 fully saturated rings. The van der Waals surface area contributed by atoms with Crippen LogP contribution in [0.2, 0.25) is 5.02 Å².